The average Bonchev–Trinajstić information content (AvgIpc) is 2.93. The minimum absolute atomic E-state index is 0.0113. The molecule has 41 heavy (non-hydrogen) atoms. The van der Waals surface area contributed by atoms with E-state index in [2.05, 4.69) is 37.6 Å². The van der Waals surface area contributed by atoms with Crippen LogP contribution in [0.5, 0.6) is 0 Å². The molecule has 1 aromatic heterocycles. The van der Waals surface area contributed by atoms with E-state index >= 15 is 0 Å². The Morgan fingerprint density at radius 1 is 1.00 bits per heavy atom. The van der Waals surface area contributed by atoms with Gasteiger partial charge in [-0.25, -0.2) is 9.97 Å². The lowest BCUT2D eigenvalue weighted by molar-refractivity contribution is -0.123. The summed E-state index contributed by atoms with van der Waals surface area (Å²) in [6, 6.07) is 17.5. The summed E-state index contributed by atoms with van der Waals surface area (Å²) in [6.45, 7) is 10.4. The predicted molar refractivity (Wildman–Crippen MR) is 164 cm³/mol. The maximum Gasteiger partial charge on any atom is 0.253 e. The molecule has 4 rings (SSSR count). The molecule has 2 amide bonds. The van der Waals surface area contributed by atoms with Crippen molar-refractivity contribution < 1.29 is 14.7 Å². The first-order valence-corrected chi connectivity index (χ1v) is 15.0. The first-order valence-electron chi connectivity index (χ1n) is 14.0. The van der Waals surface area contributed by atoms with Gasteiger partial charge in [0.15, 0.2) is 0 Å². The number of thioether (sulfide) groups is 1. The highest BCUT2D eigenvalue weighted by Gasteiger charge is 2.23. The minimum Gasteiger partial charge on any atom is -0.390 e. The second kappa shape index (κ2) is 13.9. The van der Waals surface area contributed by atoms with E-state index in [9.17, 15) is 14.7 Å². The number of rotatable bonds is 11. The number of benzene rings is 2. The van der Waals surface area contributed by atoms with Gasteiger partial charge in [0.1, 0.15) is 0 Å². The van der Waals surface area contributed by atoms with E-state index in [-0.39, 0.29) is 17.9 Å². The third-order valence-corrected chi connectivity index (χ3v) is 7.67. The summed E-state index contributed by atoms with van der Waals surface area (Å²) in [5.41, 5.74) is 2.55. The highest BCUT2D eigenvalue weighted by molar-refractivity contribution is 7.99. The number of nitrogens with zero attached hydrogens (tertiary/aromatic N) is 4. The van der Waals surface area contributed by atoms with Crippen molar-refractivity contribution >= 4 is 35.2 Å². The molecule has 3 aromatic rings. The number of piperazine rings is 1. The van der Waals surface area contributed by atoms with Crippen molar-refractivity contribution in [3.8, 4) is 11.3 Å². The molecular formula is C31H40N6O3S. The molecule has 2 aromatic carbocycles. The van der Waals surface area contributed by atoms with Gasteiger partial charge in [-0.2, -0.15) is 0 Å². The normalized spacial score (nSPS) is 14.2. The molecule has 0 saturated carbocycles. The van der Waals surface area contributed by atoms with Crippen molar-refractivity contribution in [1.82, 2.24) is 25.1 Å². The molecule has 9 nitrogen and oxygen atoms in total. The second-order valence-electron chi connectivity index (χ2n) is 11.2. The van der Waals surface area contributed by atoms with E-state index < -0.39 is 5.60 Å². The maximum absolute atomic E-state index is 13.0. The summed E-state index contributed by atoms with van der Waals surface area (Å²) in [7, 11) is 0. The molecule has 0 atom stereocenters. The molecule has 0 unspecified atom stereocenters. The summed E-state index contributed by atoms with van der Waals surface area (Å²) in [4.78, 5) is 39.2. The summed E-state index contributed by atoms with van der Waals surface area (Å²) in [5.74, 6) is 1.33. The van der Waals surface area contributed by atoms with Crippen LogP contribution >= 0.6 is 11.8 Å². The molecule has 218 valence electrons. The van der Waals surface area contributed by atoms with Gasteiger partial charge < -0.3 is 20.6 Å². The zero-order valence-corrected chi connectivity index (χ0v) is 25.1. The Balaban J connectivity index is 1.29. The highest BCUT2D eigenvalue weighted by atomic mass is 32.2. The zero-order chi connectivity index (χ0) is 29.4. The lowest BCUT2D eigenvalue weighted by Gasteiger charge is -2.34. The number of hydrogen-bond acceptors (Lipinski definition) is 8. The first kappa shape index (κ1) is 30.5. The van der Waals surface area contributed by atoms with Crippen molar-refractivity contribution in [2.75, 3.05) is 43.8 Å². The number of nitrogens with one attached hydrogen (secondary N) is 2. The van der Waals surface area contributed by atoms with Gasteiger partial charge in [-0.3, -0.25) is 14.5 Å². The van der Waals surface area contributed by atoms with E-state index in [1.807, 2.05) is 75.1 Å². The number of aromatic nitrogens is 2. The van der Waals surface area contributed by atoms with Gasteiger partial charge in [0, 0.05) is 65.9 Å². The fourth-order valence-corrected chi connectivity index (χ4v) is 5.57. The smallest absolute Gasteiger partial charge is 0.253 e. The van der Waals surface area contributed by atoms with Gasteiger partial charge in [-0.15, -0.1) is 11.8 Å². The molecule has 0 bridgehead atoms. The fourth-order valence-electron chi connectivity index (χ4n) is 4.41. The molecule has 1 aliphatic rings. The number of aliphatic hydroxyl groups is 1. The zero-order valence-electron chi connectivity index (χ0n) is 24.3. The Labute approximate surface area is 246 Å². The molecule has 1 fully saturated rings. The van der Waals surface area contributed by atoms with Crippen LogP contribution in [0.4, 0.5) is 11.6 Å². The van der Waals surface area contributed by atoms with Crippen LogP contribution in [-0.4, -0.2) is 86.8 Å². The molecule has 2 heterocycles. The third kappa shape index (κ3) is 9.55. The van der Waals surface area contributed by atoms with E-state index in [1.54, 1.807) is 18.0 Å². The lowest BCUT2D eigenvalue weighted by atomic mass is 10.1. The molecule has 0 aliphatic carbocycles. The van der Waals surface area contributed by atoms with Crippen molar-refractivity contribution in [3.05, 3.63) is 66.4 Å². The van der Waals surface area contributed by atoms with E-state index in [0.29, 0.717) is 44.2 Å². The van der Waals surface area contributed by atoms with Gasteiger partial charge in [-0.1, -0.05) is 12.1 Å². The van der Waals surface area contributed by atoms with E-state index in [1.165, 1.54) is 0 Å². The van der Waals surface area contributed by atoms with Gasteiger partial charge in [-0.05, 0) is 76.6 Å². The van der Waals surface area contributed by atoms with Crippen LogP contribution in [0.3, 0.4) is 0 Å². The summed E-state index contributed by atoms with van der Waals surface area (Å²) in [5, 5.41) is 16.0. The van der Waals surface area contributed by atoms with Crippen LogP contribution in [-0.2, 0) is 4.79 Å². The number of anilines is 2. The monoisotopic (exact) mass is 576 g/mol. The molecular weight excluding hydrogens is 536 g/mol. The van der Waals surface area contributed by atoms with E-state index in [0.717, 1.165) is 34.0 Å². The Hall–Kier alpha value is -3.47. The Morgan fingerprint density at radius 2 is 1.68 bits per heavy atom. The fraction of sp³-hybridized carbons (Fsp3) is 0.419. The van der Waals surface area contributed by atoms with Crippen LogP contribution in [0.1, 0.15) is 44.5 Å². The summed E-state index contributed by atoms with van der Waals surface area (Å²) in [6.07, 6.45) is 2.45. The number of hydrogen-bond donors (Lipinski definition) is 3. The SMILES string of the molecule is CC(C)NC(=O)CN1CCN(C(=O)c2ccc(Nc3nccc(-c4ccc(SCCC(C)(C)O)cc4)n3)cc2)CC1. The predicted octanol–water partition coefficient (Wildman–Crippen LogP) is 4.42. The van der Waals surface area contributed by atoms with Crippen molar-refractivity contribution in [3.63, 3.8) is 0 Å². The van der Waals surface area contributed by atoms with Crippen molar-refractivity contribution in [2.45, 2.75) is 50.7 Å². The first-order chi connectivity index (χ1) is 19.6. The van der Waals surface area contributed by atoms with Gasteiger partial charge in [0.05, 0.1) is 17.8 Å². The van der Waals surface area contributed by atoms with Crippen LogP contribution in [0.2, 0.25) is 0 Å². The molecule has 1 aliphatic heterocycles. The Bertz CT molecular complexity index is 1300. The molecule has 0 radical (unpaired) electrons. The molecule has 0 spiro atoms. The van der Waals surface area contributed by atoms with Crippen LogP contribution in [0, 0.1) is 0 Å². The highest BCUT2D eigenvalue weighted by Crippen LogP contribution is 2.26. The summed E-state index contributed by atoms with van der Waals surface area (Å²) >= 11 is 1.72. The number of carbonyl (C=O) groups is 2. The standard InChI is InChI=1S/C31H40N6O3S/c1-22(2)33-28(38)21-36-16-18-37(19-17-36)29(39)24-5-9-25(10-6-24)34-30-32-15-13-27(35-30)23-7-11-26(12-8-23)41-20-14-31(3,4)40/h5-13,15,22,40H,14,16-21H2,1-4H3,(H,33,38)(H,32,34,35). The quantitative estimate of drug-likeness (QED) is 0.288. The number of carbonyl (C=O) groups excluding carboxylic acids is 2. The summed E-state index contributed by atoms with van der Waals surface area (Å²) < 4.78 is 0. The largest absolute Gasteiger partial charge is 0.390 e. The lowest BCUT2D eigenvalue weighted by Crippen LogP contribution is -2.51. The van der Waals surface area contributed by atoms with Crippen LogP contribution < -0.4 is 10.6 Å². The molecule has 10 heteroatoms. The maximum atomic E-state index is 13.0. The Kier molecular flexibility index (Phi) is 10.4. The van der Waals surface area contributed by atoms with E-state index in [4.69, 9.17) is 0 Å². The second-order valence-corrected chi connectivity index (χ2v) is 12.4. The van der Waals surface area contributed by atoms with Crippen LogP contribution in [0.15, 0.2) is 65.7 Å². The topological polar surface area (TPSA) is 111 Å². The Morgan fingerprint density at radius 3 is 2.32 bits per heavy atom. The minimum atomic E-state index is -0.655. The average molecular weight is 577 g/mol. The van der Waals surface area contributed by atoms with Crippen molar-refractivity contribution in [1.29, 1.82) is 0 Å². The number of amides is 2. The van der Waals surface area contributed by atoms with Gasteiger partial charge in [0.25, 0.3) is 5.91 Å². The third-order valence-electron chi connectivity index (χ3n) is 6.65. The molecule has 3 N–H and O–H groups in total. The van der Waals surface area contributed by atoms with Gasteiger partial charge in [0.2, 0.25) is 11.9 Å². The molecule has 1 saturated heterocycles. The van der Waals surface area contributed by atoms with Crippen LogP contribution in [0.25, 0.3) is 11.3 Å². The van der Waals surface area contributed by atoms with Gasteiger partial charge >= 0.3 is 0 Å². The van der Waals surface area contributed by atoms with Crippen molar-refractivity contribution in [2.24, 2.45) is 0 Å².